The maximum absolute atomic E-state index is 12.1. The quantitative estimate of drug-likeness (QED) is 0.753. The smallest absolute Gasteiger partial charge is 0.258 e. The fourth-order valence-corrected chi connectivity index (χ4v) is 2.01. The van der Waals surface area contributed by atoms with Crippen LogP contribution in [0.25, 0.3) is 0 Å². The van der Waals surface area contributed by atoms with E-state index >= 15 is 0 Å². The van der Waals surface area contributed by atoms with E-state index in [1.54, 1.807) is 11.0 Å². The third kappa shape index (κ3) is 3.52. The van der Waals surface area contributed by atoms with Crippen LogP contribution in [0.1, 0.15) is 30.1 Å². The number of amides is 1. The van der Waals surface area contributed by atoms with Crippen molar-refractivity contribution in [1.82, 2.24) is 4.90 Å². The average molecular weight is 309 g/mol. The first kappa shape index (κ1) is 13.6. The highest BCUT2D eigenvalue weighted by molar-refractivity contribution is 9.09. The van der Waals surface area contributed by atoms with Crippen molar-refractivity contribution >= 4 is 33.4 Å². The summed E-state index contributed by atoms with van der Waals surface area (Å²) in [7, 11) is 0. The van der Waals surface area contributed by atoms with Crippen LogP contribution in [-0.4, -0.2) is 29.2 Å². The van der Waals surface area contributed by atoms with E-state index in [0.717, 1.165) is 24.7 Å². The highest BCUT2D eigenvalue weighted by Gasteiger charge is 2.19. The van der Waals surface area contributed by atoms with Crippen LogP contribution in [0.5, 0.6) is 0 Å². The van der Waals surface area contributed by atoms with E-state index in [2.05, 4.69) is 22.9 Å². The monoisotopic (exact) mass is 307 g/mol. The predicted octanol–water partition coefficient (Wildman–Crippen LogP) is 3.57. The van der Waals surface area contributed by atoms with Gasteiger partial charge < -0.3 is 9.32 Å². The summed E-state index contributed by atoms with van der Waals surface area (Å²) in [5.74, 6) is -0.0633. The molecule has 1 amide bonds. The fraction of sp³-hybridized carbons (Fsp3) is 0.545. The molecule has 5 heteroatoms. The third-order valence-electron chi connectivity index (χ3n) is 2.27. The van der Waals surface area contributed by atoms with Crippen molar-refractivity contribution in [3.8, 4) is 0 Å². The van der Waals surface area contributed by atoms with Crippen LogP contribution < -0.4 is 0 Å². The van der Waals surface area contributed by atoms with Crippen molar-refractivity contribution < 1.29 is 9.21 Å². The molecule has 0 spiro atoms. The van der Waals surface area contributed by atoms with Gasteiger partial charge in [0.05, 0.1) is 11.8 Å². The molecular formula is C11H15BrClNO2. The Balaban J connectivity index is 2.70. The molecule has 0 aliphatic heterocycles. The minimum atomic E-state index is -0.0633. The zero-order valence-electron chi connectivity index (χ0n) is 9.21. The van der Waals surface area contributed by atoms with Gasteiger partial charge in [-0.3, -0.25) is 4.79 Å². The molecule has 1 aromatic heterocycles. The molecule has 1 rings (SSSR count). The zero-order valence-corrected chi connectivity index (χ0v) is 11.6. The van der Waals surface area contributed by atoms with E-state index in [9.17, 15) is 4.79 Å². The second kappa shape index (κ2) is 6.97. The summed E-state index contributed by atoms with van der Waals surface area (Å²) >= 11 is 9.13. The largest absolute Gasteiger partial charge is 0.452 e. The number of carbonyl (C=O) groups excluding carboxylic acids is 1. The van der Waals surface area contributed by atoms with Crippen LogP contribution >= 0.6 is 27.5 Å². The molecule has 0 bridgehead atoms. The molecule has 0 aromatic carbocycles. The second-order valence-electron chi connectivity index (χ2n) is 3.44. The Bertz CT molecular complexity index is 340. The van der Waals surface area contributed by atoms with Crippen LogP contribution in [0, 0.1) is 0 Å². The molecule has 3 nitrogen and oxygen atoms in total. The molecule has 1 aromatic rings. The molecule has 0 unspecified atom stereocenters. The third-order valence-corrected chi connectivity index (χ3v) is 2.92. The van der Waals surface area contributed by atoms with Gasteiger partial charge in [-0.1, -0.05) is 29.3 Å². The summed E-state index contributed by atoms with van der Waals surface area (Å²) in [5, 5.41) is 0.929. The fourth-order valence-electron chi connectivity index (χ4n) is 1.38. The number of alkyl halides is 1. The van der Waals surface area contributed by atoms with E-state index in [4.69, 9.17) is 16.0 Å². The van der Waals surface area contributed by atoms with Crippen LogP contribution in [0.15, 0.2) is 16.7 Å². The molecule has 0 aliphatic carbocycles. The van der Waals surface area contributed by atoms with Crippen molar-refractivity contribution in [2.75, 3.05) is 18.4 Å². The predicted molar refractivity (Wildman–Crippen MR) is 68.3 cm³/mol. The lowest BCUT2D eigenvalue weighted by Gasteiger charge is -2.20. The van der Waals surface area contributed by atoms with Crippen LogP contribution in [0.4, 0.5) is 0 Å². The van der Waals surface area contributed by atoms with E-state index in [1.165, 1.54) is 6.26 Å². The minimum absolute atomic E-state index is 0.0633. The molecular weight excluding hydrogens is 293 g/mol. The molecule has 16 heavy (non-hydrogen) atoms. The van der Waals surface area contributed by atoms with Gasteiger partial charge in [0.2, 0.25) is 5.22 Å². The van der Waals surface area contributed by atoms with Gasteiger partial charge in [0.25, 0.3) is 5.91 Å². The zero-order chi connectivity index (χ0) is 12.0. The molecule has 1 heterocycles. The molecule has 0 saturated heterocycles. The highest BCUT2D eigenvalue weighted by Crippen LogP contribution is 2.19. The maximum atomic E-state index is 12.1. The molecule has 0 atom stereocenters. The van der Waals surface area contributed by atoms with Gasteiger partial charge in [-0.2, -0.15) is 0 Å². The van der Waals surface area contributed by atoms with Crippen molar-refractivity contribution in [2.24, 2.45) is 0 Å². The van der Waals surface area contributed by atoms with E-state index in [-0.39, 0.29) is 11.1 Å². The lowest BCUT2D eigenvalue weighted by atomic mass is 10.2. The number of furan rings is 1. The highest BCUT2D eigenvalue weighted by atomic mass is 79.9. The normalized spacial score (nSPS) is 10.4. The number of unbranched alkanes of at least 4 members (excludes halogenated alkanes) is 1. The van der Waals surface area contributed by atoms with Crippen LogP contribution in [0.3, 0.4) is 0 Å². The number of hydrogen-bond acceptors (Lipinski definition) is 2. The summed E-state index contributed by atoms with van der Waals surface area (Å²) in [4.78, 5) is 13.9. The van der Waals surface area contributed by atoms with Gasteiger partial charge in [-0.15, -0.1) is 0 Å². The minimum Gasteiger partial charge on any atom is -0.452 e. The summed E-state index contributed by atoms with van der Waals surface area (Å²) in [6, 6.07) is 1.61. The van der Waals surface area contributed by atoms with Crippen molar-refractivity contribution in [3.05, 3.63) is 23.1 Å². The molecule has 0 fully saturated rings. The Labute approximate surface area is 109 Å². The maximum Gasteiger partial charge on any atom is 0.258 e. The number of hydrogen-bond donors (Lipinski definition) is 0. The molecule has 0 radical (unpaired) electrons. The molecule has 0 aliphatic rings. The lowest BCUT2D eigenvalue weighted by Crippen LogP contribution is -2.33. The Morgan fingerprint density at radius 1 is 1.56 bits per heavy atom. The standard InChI is InChI=1S/C11H15BrClNO2/c1-2-3-6-14(7-5-12)11(15)9-4-8-16-10(9)13/h4,8H,2-3,5-7H2,1H3. The van der Waals surface area contributed by atoms with Gasteiger partial charge in [-0.25, -0.2) is 0 Å². The SMILES string of the molecule is CCCCN(CCBr)C(=O)c1ccoc1Cl. The number of nitrogens with zero attached hydrogens (tertiary/aromatic N) is 1. The van der Waals surface area contributed by atoms with Gasteiger partial charge in [-0.05, 0) is 24.1 Å². The van der Waals surface area contributed by atoms with Crippen LogP contribution in [-0.2, 0) is 0 Å². The van der Waals surface area contributed by atoms with Gasteiger partial charge in [0.15, 0.2) is 0 Å². The molecule has 0 saturated carbocycles. The second-order valence-corrected chi connectivity index (χ2v) is 4.58. The first-order valence-corrected chi connectivity index (χ1v) is 6.78. The van der Waals surface area contributed by atoms with Crippen molar-refractivity contribution in [1.29, 1.82) is 0 Å². The van der Waals surface area contributed by atoms with Gasteiger partial charge in [0, 0.05) is 18.4 Å². The number of halogens is 2. The van der Waals surface area contributed by atoms with Gasteiger partial charge >= 0.3 is 0 Å². The van der Waals surface area contributed by atoms with Crippen molar-refractivity contribution in [2.45, 2.75) is 19.8 Å². The molecule has 90 valence electrons. The average Bonchev–Trinajstić information content (AvgIpc) is 2.69. The summed E-state index contributed by atoms with van der Waals surface area (Å²) in [5.41, 5.74) is 0.443. The van der Waals surface area contributed by atoms with E-state index in [0.29, 0.717) is 12.1 Å². The van der Waals surface area contributed by atoms with Crippen molar-refractivity contribution in [3.63, 3.8) is 0 Å². The van der Waals surface area contributed by atoms with Gasteiger partial charge in [0.1, 0.15) is 0 Å². The lowest BCUT2D eigenvalue weighted by molar-refractivity contribution is 0.0764. The van der Waals surface area contributed by atoms with Crippen LogP contribution in [0.2, 0.25) is 5.22 Å². The summed E-state index contributed by atoms with van der Waals surface area (Å²) in [6.07, 6.45) is 3.49. The first-order valence-electron chi connectivity index (χ1n) is 5.29. The Morgan fingerprint density at radius 2 is 2.31 bits per heavy atom. The summed E-state index contributed by atoms with van der Waals surface area (Å²) in [6.45, 7) is 3.53. The van der Waals surface area contributed by atoms with E-state index in [1.807, 2.05) is 0 Å². The number of carbonyl (C=O) groups is 1. The Morgan fingerprint density at radius 3 is 2.81 bits per heavy atom. The summed E-state index contributed by atoms with van der Waals surface area (Å²) < 4.78 is 4.92. The Hall–Kier alpha value is -0.480. The first-order chi connectivity index (χ1) is 7.70. The molecule has 0 N–H and O–H groups in total. The number of rotatable bonds is 6. The van der Waals surface area contributed by atoms with E-state index < -0.39 is 0 Å². The topological polar surface area (TPSA) is 33.5 Å². The Kier molecular flexibility index (Phi) is 5.91.